The molecule has 2 saturated heterocycles. The van der Waals surface area contributed by atoms with Gasteiger partial charge in [-0.3, -0.25) is 19.4 Å². The van der Waals surface area contributed by atoms with Gasteiger partial charge in [0.15, 0.2) is 0 Å². The molecule has 4 unspecified atom stereocenters. The average molecular weight is 393 g/mol. The highest BCUT2D eigenvalue weighted by Crippen LogP contribution is 2.49. The summed E-state index contributed by atoms with van der Waals surface area (Å²) in [4.78, 5) is 31.2. The average Bonchev–Trinajstić information content (AvgIpc) is 3.34. The first-order valence-electron chi connectivity index (χ1n) is 11.2. The van der Waals surface area contributed by atoms with Gasteiger partial charge in [-0.05, 0) is 43.9 Å². The zero-order chi connectivity index (χ0) is 19.5. The molecule has 7 nitrogen and oxygen atoms in total. The molecule has 2 amide bonds. The van der Waals surface area contributed by atoms with E-state index in [0.29, 0.717) is 51.4 Å². The molecule has 2 bridgehead atoms. The number of amides is 2. The lowest BCUT2D eigenvalue weighted by Gasteiger charge is -2.36. The van der Waals surface area contributed by atoms with Crippen molar-refractivity contribution in [1.82, 2.24) is 20.0 Å². The van der Waals surface area contributed by atoms with Gasteiger partial charge in [-0.15, -0.1) is 0 Å². The fourth-order valence-electron chi connectivity index (χ4n) is 5.73. The van der Waals surface area contributed by atoms with Crippen LogP contribution in [0.3, 0.4) is 0 Å². The maximum absolute atomic E-state index is 12.5. The predicted molar refractivity (Wildman–Crippen MR) is 107 cm³/mol. The number of rotatable bonds is 6. The normalized spacial score (nSPS) is 32.5. The molecule has 2 aliphatic carbocycles. The number of hydrogen-bond donors (Lipinski definition) is 1. The Kier molecular flexibility index (Phi) is 6.53. The minimum Gasteiger partial charge on any atom is -0.378 e. The highest BCUT2D eigenvalue weighted by Gasteiger charge is 2.42. The fourth-order valence-corrected chi connectivity index (χ4v) is 5.73. The first-order valence-corrected chi connectivity index (χ1v) is 11.2. The van der Waals surface area contributed by atoms with Crippen molar-refractivity contribution in [2.24, 2.45) is 17.8 Å². The Morgan fingerprint density at radius 3 is 2.25 bits per heavy atom. The van der Waals surface area contributed by atoms with Crippen molar-refractivity contribution in [2.75, 3.05) is 65.6 Å². The molecule has 0 aromatic carbocycles. The zero-order valence-corrected chi connectivity index (χ0v) is 17.3. The number of nitrogens with zero attached hydrogens (tertiary/aromatic N) is 3. The Labute approximate surface area is 168 Å². The molecule has 1 N–H and O–H groups in total. The molecule has 0 radical (unpaired) electrons. The van der Waals surface area contributed by atoms with Gasteiger partial charge >= 0.3 is 0 Å². The molecule has 4 rings (SSSR count). The second-order valence-corrected chi connectivity index (χ2v) is 9.24. The molecule has 0 aromatic heterocycles. The van der Waals surface area contributed by atoms with Crippen LogP contribution in [0.1, 0.15) is 32.6 Å². The largest absolute Gasteiger partial charge is 0.378 e. The quantitative estimate of drug-likeness (QED) is 0.709. The van der Waals surface area contributed by atoms with Crippen LogP contribution in [-0.2, 0) is 14.3 Å². The predicted octanol–water partition coefficient (Wildman–Crippen LogP) is 0.404. The lowest BCUT2D eigenvalue weighted by molar-refractivity contribution is -0.137. The van der Waals surface area contributed by atoms with E-state index in [9.17, 15) is 9.59 Å². The van der Waals surface area contributed by atoms with E-state index in [-0.39, 0.29) is 11.8 Å². The van der Waals surface area contributed by atoms with E-state index in [0.717, 1.165) is 38.0 Å². The van der Waals surface area contributed by atoms with Crippen LogP contribution in [0.4, 0.5) is 0 Å². The number of piperazine rings is 1. The van der Waals surface area contributed by atoms with Crippen LogP contribution in [-0.4, -0.2) is 98.1 Å². The van der Waals surface area contributed by atoms with E-state index >= 15 is 0 Å². The Morgan fingerprint density at radius 1 is 0.964 bits per heavy atom. The summed E-state index contributed by atoms with van der Waals surface area (Å²) in [5, 5.41) is 3.27. The zero-order valence-electron chi connectivity index (χ0n) is 17.3. The molecule has 4 aliphatic rings. The molecule has 4 fully saturated rings. The van der Waals surface area contributed by atoms with Gasteiger partial charge in [0.1, 0.15) is 0 Å². The second kappa shape index (κ2) is 9.09. The van der Waals surface area contributed by atoms with E-state index in [1.54, 1.807) is 0 Å². The van der Waals surface area contributed by atoms with Crippen molar-refractivity contribution in [3.05, 3.63) is 0 Å². The molecule has 2 heterocycles. The summed E-state index contributed by atoms with van der Waals surface area (Å²) in [5.41, 5.74) is 0. The number of morpholine rings is 1. The Hall–Kier alpha value is -1.18. The minimum absolute atomic E-state index is 0.160. The molecule has 0 aromatic rings. The first-order chi connectivity index (χ1) is 13.6. The number of carbonyl (C=O) groups is 2. The third kappa shape index (κ3) is 4.86. The minimum atomic E-state index is 0.160. The van der Waals surface area contributed by atoms with E-state index < -0.39 is 0 Å². The number of hydrogen-bond acceptors (Lipinski definition) is 5. The number of fused-ring (bicyclic) bond motifs is 2. The number of nitrogens with one attached hydrogen (secondary N) is 1. The smallest absolute Gasteiger partial charge is 0.236 e. The van der Waals surface area contributed by atoms with Gasteiger partial charge in [0.05, 0.1) is 26.3 Å². The van der Waals surface area contributed by atoms with Crippen LogP contribution in [0.5, 0.6) is 0 Å². The number of carbonyl (C=O) groups excluding carboxylic acids is 2. The van der Waals surface area contributed by atoms with E-state index in [1.807, 2.05) is 4.90 Å². The Balaban J connectivity index is 1.14. The van der Waals surface area contributed by atoms with Gasteiger partial charge < -0.3 is 15.0 Å². The van der Waals surface area contributed by atoms with Crippen molar-refractivity contribution >= 4 is 11.8 Å². The Bertz CT molecular complexity index is 558. The van der Waals surface area contributed by atoms with Crippen LogP contribution in [0.2, 0.25) is 0 Å². The molecule has 2 aliphatic heterocycles. The second-order valence-electron chi connectivity index (χ2n) is 9.24. The van der Waals surface area contributed by atoms with Gasteiger partial charge in [-0.25, -0.2) is 0 Å². The van der Waals surface area contributed by atoms with E-state index in [4.69, 9.17) is 4.74 Å². The van der Waals surface area contributed by atoms with Crippen LogP contribution >= 0.6 is 0 Å². The maximum atomic E-state index is 12.5. The van der Waals surface area contributed by atoms with Crippen molar-refractivity contribution < 1.29 is 14.3 Å². The summed E-state index contributed by atoms with van der Waals surface area (Å²) in [7, 11) is 0. The summed E-state index contributed by atoms with van der Waals surface area (Å²) >= 11 is 0. The third-order valence-corrected chi connectivity index (χ3v) is 7.38. The van der Waals surface area contributed by atoms with Crippen molar-refractivity contribution in [3.8, 4) is 0 Å². The molecule has 7 heteroatoms. The fraction of sp³-hybridized carbons (Fsp3) is 0.905. The van der Waals surface area contributed by atoms with Gasteiger partial charge in [-0.1, -0.05) is 6.42 Å². The first kappa shape index (κ1) is 20.1. The lowest BCUT2D eigenvalue weighted by atomic mass is 9.84. The van der Waals surface area contributed by atoms with Crippen LogP contribution in [0.25, 0.3) is 0 Å². The standard InChI is InChI=1S/C21H36N4O3/c1-16(19-13-17-2-3-18(19)12-17)22-20(26)14-23-4-6-24(7-5-23)15-21(27)25-8-10-28-11-9-25/h16-19H,2-15H2,1H3,(H,22,26). The van der Waals surface area contributed by atoms with E-state index in [1.165, 1.54) is 25.7 Å². The van der Waals surface area contributed by atoms with Gasteiger partial charge in [0.2, 0.25) is 11.8 Å². The summed E-state index contributed by atoms with van der Waals surface area (Å²) in [6, 6.07) is 0.301. The molecule has 2 saturated carbocycles. The SMILES string of the molecule is CC(NC(=O)CN1CCN(CC(=O)N2CCOCC2)CC1)C1CC2CCC1C2. The van der Waals surface area contributed by atoms with E-state index in [2.05, 4.69) is 22.0 Å². The van der Waals surface area contributed by atoms with Crippen molar-refractivity contribution in [2.45, 2.75) is 38.6 Å². The third-order valence-electron chi connectivity index (χ3n) is 7.38. The highest BCUT2D eigenvalue weighted by molar-refractivity contribution is 5.79. The molecule has 28 heavy (non-hydrogen) atoms. The molecule has 158 valence electrons. The Morgan fingerprint density at radius 2 is 1.64 bits per heavy atom. The molecule has 0 spiro atoms. The van der Waals surface area contributed by atoms with Crippen molar-refractivity contribution in [3.63, 3.8) is 0 Å². The highest BCUT2D eigenvalue weighted by atomic mass is 16.5. The van der Waals surface area contributed by atoms with Crippen LogP contribution in [0.15, 0.2) is 0 Å². The molecular formula is C21H36N4O3. The maximum Gasteiger partial charge on any atom is 0.236 e. The van der Waals surface area contributed by atoms with Gasteiger partial charge in [0, 0.05) is 45.3 Å². The summed E-state index contributed by atoms with van der Waals surface area (Å²) in [6.45, 7) is 9.29. The van der Waals surface area contributed by atoms with Crippen LogP contribution < -0.4 is 5.32 Å². The van der Waals surface area contributed by atoms with Gasteiger partial charge in [0.25, 0.3) is 0 Å². The molecular weight excluding hydrogens is 356 g/mol. The lowest BCUT2D eigenvalue weighted by Crippen LogP contribution is -2.53. The summed E-state index contributed by atoms with van der Waals surface area (Å²) < 4.78 is 5.31. The summed E-state index contributed by atoms with van der Waals surface area (Å²) in [5.74, 6) is 2.81. The van der Waals surface area contributed by atoms with Crippen LogP contribution in [0, 0.1) is 17.8 Å². The van der Waals surface area contributed by atoms with Crippen molar-refractivity contribution in [1.29, 1.82) is 0 Å². The topological polar surface area (TPSA) is 65.1 Å². The van der Waals surface area contributed by atoms with Gasteiger partial charge in [-0.2, -0.15) is 0 Å². The monoisotopic (exact) mass is 392 g/mol. The molecule has 4 atom stereocenters. The summed E-state index contributed by atoms with van der Waals surface area (Å²) in [6.07, 6.45) is 5.46. The number of ether oxygens (including phenoxy) is 1.